The van der Waals surface area contributed by atoms with Crippen LogP contribution in [0.15, 0.2) is 12.3 Å². The van der Waals surface area contributed by atoms with Gasteiger partial charge in [-0.15, -0.1) is 0 Å². The Morgan fingerprint density at radius 2 is 2.50 bits per heavy atom. The first kappa shape index (κ1) is 5.89. The number of rotatable bonds is 0. The Bertz CT molecular complexity index is 122. The third kappa shape index (κ3) is 0.802. The van der Waals surface area contributed by atoms with Crippen molar-refractivity contribution in [2.24, 2.45) is 0 Å². The summed E-state index contributed by atoms with van der Waals surface area (Å²) in [5.41, 5.74) is -2.33. The van der Waals surface area contributed by atoms with Gasteiger partial charge < -0.3 is 4.74 Å². The van der Waals surface area contributed by atoms with Crippen LogP contribution in [-0.2, 0) is 4.74 Å². The molecule has 0 saturated carbocycles. The lowest BCUT2D eigenvalue weighted by atomic mass is 10.2. The predicted octanol–water partition coefficient (Wildman–Crippen LogP) is 1.82. The quantitative estimate of drug-likeness (QED) is 0.462. The van der Waals surface area contributed by atoms with Crippen molar-refractivity contribution in [1.29, 1.82) is 0 Å². The van der Waals surface area contributed by atoms with Crippen LogP contribution in [-0.4, -0.2) is 11.2 Å². The lowest BCUT2D eigenvalue weighted by molar-refractivity contribution is 0.116. The van der Waals surface area contributed by atoms with E-state index in [0.717, 1.165) is 0 Å². The molecule has 0 aromatic carbocycles. The highest BCUT2D eigenvalue weighted by atomic mass is 35.5. The molecule has 0 spiro atoms. The second kappa shape index (κ2) is 1.62. The number of hydrogen-bond donors (Lipinski definition) is 0. The normalized spacial score (nSPS) is 44.6. The molecule has 2 atom stereocenters. The molecule has 1 nitrogen and oxygen atoms in total. The molecule has 0 fully saturated rings. The van der Waals surface area contributed by atoms with Gasteiger partial charge in [0.15, 0.2) is 5.67 Å². The number of ether oxygens (including phenoxy) is 1. The average molecular weight is 137 g/mol. The Balaban J connectivity index is 2.67. The van der Waals surface area contributed by atoms with Crippen LogP contribution in [0.2, 0.25) is 0 Å². The second-order valence-electron chi connectivity index (χ2n) is 1.91. The minimum Gasteiger partial charge on any atom is -0.479 e. The summed E-state index contributed by atoms with van der Waals surface area (Å²) in [5, 5.41) is 0. The van der Waals surface area contributed by atoms with Crippen molar-refractivity contribution < 1.29 is 9.13 Å². The Morgan fingerprint density at radius 1 is 1.88 bits per heavy atom. The molecular weight excluding hydrogens is 131 g/mol. The van der Waals surface area contributed by atoms with Crippen molar-refractivity contribution in [2.45, 2.75) is 18.2 Å². The van der Waals surface area contributed by atoms with Crippen LogP contribution in [0.1, 0.15) is 6.92 Å². The Labute approximate surface area is 52.1 Å². The molecule has 1 heterocycles. The van der Waals surface area contributed by atoms with Gasteiger partial charge in [-0.25, -0.2) is 4.39 Å². The van der Waals surface area contributed by atoms with E-state index in [9.17, 15) is 4.39 Å². The number of hydrogen-bond acceptors (Lipinski definition) is 1. The van der Waals surface area contributed by atoms with E-state index in [1.807, 2.05) is 0 Å². The molecule has 1 rings (SSSR count). The zero-order valence-electron chi connectivity index (χ0n) is 4.40. The Morgan fingerprint density at radius 3 is 2.62 bits per heavy atom. The first-order valence-electron chi connectivity index (χ1n) is 2.29. The summed E-state index contributed by atoms with van der Waals surface area (Å²) in [6.45, 7) is 1.37. The minimum atomic E-state index is -1.48. The average Bonchev–Trinajstić information content (AvgIpc) is 1.86. The van der Waals surface area contributed by atoms with Gasteiger partial charge in [0, 0.05) is 0 Å². The maximum Gasteiger partial charge on any atom is 0.208 e. The molecule has 0 aromatic heterocycles. The van der Waals surface area contributed by atoms with E-state index < -0.39 is 11.2 Å². The van der Waals surface area contributed by atoms with Crippen LogP contribution < -0.4 is 0 Å². The third-order valence-corrected chi connectivity index (χ3v) is 1.57. The van der Waals surface area contributed by atoms with Gasteiger partial charge in [0.2, 0.25) is 5.56 Å². The van der Waals surface area contributed by atoms with E-state index >= 15 is 0 Å². The molecule has 0 bridgehead atoms. The van der Waals surface area contributed by atoms with E-state index in [1.54, 1.807) is 0 Å². The Kier molecular flexibility index (Phi) is 1.19. The molecule has 2 unspecified atom stereocenters. The lowest BCUT2D eigenvalue weighted by Crippen LogP contribution is -2.24. The monoisotopic (exact) mass is 136 g/mol. The van der Waals surface area contributed by atoms with E-state index in [4.69, 9.17) is 11.6 Å². The predicted molar refractivity (Wildman–Crippen MR) is 29.4 cm³/mol. The van der Waals surface area contributed by atoms with Gasteiger partial charge >= 0.3 is 0 Å². The zero-order valence-corrected chi connectivity index (χ0v) is 5.15. The largest absolute Gasteiger partial charge is 0.479 e. The van der Waals surface area contributed by atoms with Crippen LogP contribution in [0.3, 0.4) is 0 Å². The van der Waals surface area contributed by atoms with Gasteiger partial charge in [-0.1, -0.05) is 11.6 Å². The molecule has 3 heteroatoms. The molecule has 0 saturated heterocycles. The molecule has 0 aromatic rings. The third-order valence-electron chi connectivity index (χ3n) is 1.04. The first-order chi connectivity index (χ1) is 3.63. The molecule has 1 aliphatic heterocycles. The van der Waals surface area contributed by atoms with E-state index in [1.165, 1.54) is 19.3 Å². The fraction of sp³-hybridized carbons (Fsp3) is 0.600. The van der Waals surface area contributed by atoms with Crippen LogP contribution in [0, 0.1) is 0 Å². The molecule has 1 aliphatic rings. The van der Waals surface area contributed by atoms with Crippen LogP contribution >= 0.6 is 11.6 Å². The standard InChI is InChI=1S/C5H6ClFO/c1-5(7)2-3-8-4(5)6/h2-4H,1H3. The molecular formula is C5H6ClFO. The van der Waals surface area contributed by atoms with E-state index in [0.29, 0.717) is 0 Å². The van der Waals surface area contributed by atoms with Gasteiger partial charge in [-0.3, -0.25) is 0 Å². The summed E-state index contributed by atoms with van der Waals surface area (Å²) in [5.74, 6) is 0. The van der Waals surface area contributed by atoms with Crippen molar-refractivity contribution in [3.63, 3.8) is 0 Å². The van der Waals surface area contributed by atoms with Crippen LogP contribution in [0.25, 0.3) is 0 Å². The summed E-state index contributed by atoms with van der Waals surface area (Å²) >= 11 is 5.34. The summed E-state index contributed by atoms with van der Waals surface area (Å²) < 4.78 is 17.2. The highest BCUT2D eigenvalue weighted by Gasteiger charge is 2.35. The minimum absolute atomic E-state index is 0.845. The molecule has 46 valence electrons. The highest BCUT2D eigenvalue weighted by molar-refractivity contribution is 6.20. The SMILES string of the molecule is CC1(F)C=COC1Cl. The smallest absolute Gasteiger partial charge is 0.208 e. The highest BCUT2D eigenvalue weighted by Crippen LogP contribution is 2.28. The van der Waals surface area contributed by atoms with Crippen molar-refractivity contribution in [3.8, 4) is 0 Å². The van der Waals surface area contributed by atoms with Gasteiger partial charge in [0.05, 0.1) is 6.26 Å². The van der Waals surface area contributed by atoms with Gasteiger partial charge in [-0.2, -0.15) is 0 Å². The molecule has 8 heavy (non-hydrogen) atoms. The van der Waals surface area contributed by atoms with Crippen molar-refractivity contribution in [1.82, 2.24) is 0 Å². The topological polar surface area (TPSA) is 9.23 Å². The summed E-state index contributed by atoms with van der Waals surface area (Å²) in [6, 6.07) is 0. The number of alkyl halides is 2. The van der Waals surface area contributed by atoms with Crippen molar-refractivity contribution >= 4 is 11.6 Å². The maximum absolute atomic E-state index is 12.7. The summed E-state index contributed by atoms with van der Waals surface area (Å²) in [7, 11) is 0. The van der Waals surface area contributed by atoms with Crippen LogP contribution in [0.4, 0.5) is 4.39 Å². The van der Waals surface area contributed by atoms with Crippen molar-refractivity contribution in [2.75, 3.05) is 0 Å². The molecule has 0 N–H and O–H groups in total. The summed E-state index contributed by atoms with van der Waals surface area (Å²) in [6.07, 6.45) is 2.57. The fourth-order valence-electron chi connectivity index (χ4n) is 0.450. The fourth-order valence-corrected chi connectivity index (χ4v) is 0.582. The van der Waals surface area contributed by atoms with E-state index in [2.05, 4.69) is 4.74 Å². The van der Waals surface area contributed by atoms with Gasteiger partial charge in [0.1, 0.15) is 0 Å². The maximum atomic E-state index is 12.7. The lowest BCUT2D eigenvalue weighted by Gasteiger charge is -2.12. The summed E-state index contributed by atoms with van der Waals surface area (Å²) in [4.78, 5) is 0. The second-order valence-corrected chi connectivity index (χ2v) is 2.30. The first-order valence-corrected chi connectivity index (χ1v) is 2.73. The molecule has 0 radical (unpaired) electrons. The van der Waals surface area contributed by atoms with Gasteiger partial charge in [-0.05, 0) is 13.0 Å². The number of halogens is 2. The van der Waals surface area contributed by atoms with Crippen molar-refractivity contribution in [3.05, 3.63) is 12.3 Å². The van der Waals surface area contributed by atoms with Gasteiger partial charge in [0.25, 0.3) is 0 Å². The Hall–Kier alpha value is -0.240. The van der Waals surface area contributed by atoms with Crippen LogP contribution in [0.5, 0.6) is 0 Å². The van der Waals surface area contributed by atoms with E-state index in [-0.39, 0.29) is 0 Å². The zero-order chi connectivity index (χ0) is 6.20. The molecule has 0 aliphatic carbocycles. The molecule has 0 amide bonds.